The highest BCUT2D eigenvalue weighted by atomic mass is 16.5. The monoisotopic (exact) mass is 300 g/mol. The number of rotatable bonds is 5. The topological polar surface area (TPSA) is 90.1 Å². The van der Waals surface area contributed by atoms with Crippen molar-refractivity contribution in [3.63, 3.8) is 0 Å². The number of nitrogen functional groups attached to an aromatic ring is 1. The van der Waals surface area contributed by atoms with Gasteiger partial charge in [-0.15, -0.1) is 0 Å². The molecule has 1 heterocycles. The lowest BCUT2D eigenvalue weighted by Crippen LogP contribution is -2.24. The molecule has 3 N–H and O–H groups in total. The molecule has 0 spiro atoms. The van der Waals surface area contributed by atoms with E-state index in [0.717, 1.165) is 5.56 Å². The number of nitrogens with one attached hydrogen (secondary N) is 1. The van der Waals surface area contributed by atoms with Crippen LogP contribution in [0.3, 0.4) is 0 Å². The second-order valence-electron chi connectivity index (χ2n) is 5.01. The van der Waals surface area contributed by atoms with Gasteiger partial charge in [-0.2, -0.15) is 0 Å². The molecule has 22 heavy (non-hydrogen) atoms. The van der Waals surface area contributed by atoms with Gasteiger partial charge in [0, 0.05) is 12.7 Å². The quantitative estimate of drug-likeness (QED) is 0.884. The van der Waals surface area contributed by atoms with Crippen LogP contribution in [0.15, 0.2) is 30.5 Å². The standard InChI is InChI=1S/C16H20N4O2/c1-4-18-16(21)12-9-19-15(20-14(12)17)11-7-5-6-8-13(11)22-10(2)3/h5-10H,4H2,1-3H3,(H,18,21)(H2,17,19,20). The number of hydrogen-bond donors (Lipinski definition) is 2. The largest absolute Gasteiger partial charge is 0.490 e. The zero-order chi connectivity index (χ0) is 16.1. The van der Waals surface area contributed by atoms with Crippen LogP contribution in [0.1, 0.15) is 31.1 Å². The number of anilines is 1. The number of aromatic nitrogens is 2. The Morgan fingerprint density at radius 2 is 2.09 bits per heavy atom. The second kappa shape index (κ2) is 6.89. The predicted molar refractivity (Wildman–Crippen MR) is 85.7 cm³/mol. The van der Waals surface area contributed by atoms with E-state index in [-0.39, 0.29) is 23.4 Å². The molecule has 0 atom stereocenters. The number of nitrogens with zero attached hydrogens (tertiary/aromatic N) is 2. The van der Waals surface area contributed by atoms with Gasteiger partial charge in [0.1, 0.15) is 11.6 Å². The number of ether oxygens (including phenoxy) is 1. The normalized spacial score (nSPS) is 10.5. The van der Waals surface area contributed by atoms with Gasteiger partial charge in [0.2, 0.25) is 0 Å². The molecule has 0 radical (unpaired) electrons. The summed E-state index contributed by atoms with van der Waals surface area (Å²) in [5.74, 6) is 0.984. The van der Waals surface area contributed by atoms with Crippen molar-refractivity contribution in [1.82, 2.24) is 15.3 Å². The SMILES string of the molecule is CCNC(=O)c1cnc(-c2ccccc2OC(C)C)nc1N. The maximum absolute atomic E-state index is 11.8. The highest BCUT2D eigenvalue weighted by Crippen LogP contribution is 2.28. The van der Waals surface area contributed by atoms with Crippen LogP contribution < -0.4 is 15.8 Å². The van der Waals surface area contributed by atoms with E-state index in [1.54, 1.807) is 0 Å². The summed E-state index contributed by atoms with van der Waals surface area (Å²) >= 11 is 0. The third kappa shape index (κ3) is 3.52. The summed E-state index contributed by atoms with van der Waals surface area (Å²) in [4.78, 5) is 20.3. The van der Waals surface area contributed by atoms with E-state index in [1.165, 1.54) is 6.20 Å². The van der Waals surface area contributed by atoms with Crippen LogP contribution in [0.2, 0.25) is 0 Å². The number of amides is 1. The molecule has 0 aliphatic carbocycles. The molecule has 0 saturated heterocycles. The Morgan fingerprint density at radius 1 is 1.36 bits per heavy atom. The van der Waals surface area contributed by atoms with Crippen LogP contribution in [0, 0.1) is 0 Å². The number of nitrogens with two attached hydrogens (primary N) is 1. The van der Waals surface area contributed by atoms with E-state index in [4.69, 9.17) is 10.5 Å². The van der Waals surface area contributed by atoms with Crippen molar-refractivity contribution < 1.29 is 9.53 Å². The first-order valence-corrected chi connectivity index (χ1v) is 7.19. The maximum atomic E-state index is 11.8. The molecule has 1 aromatic carbocycles. The van der Waals surface area contributed by atoms with E-state index in [1.807, 2.05) is 45.0 Å². The van der Waals surface area contributed by atoms with Gasteiger partial charge in [0.05, 0.1) is 17.2 Å². The summed E-state index contributed by atoms with van der Waals surface area (Å²) in [6, 6.07) is 7.47. The summed E-state index contributed by atoms with van der Waals surface area (Å²) in [7, 11) is 0. The Hall–Kier alpha value is -2.63. The van der Waals surface area contributed by atoms with Crippen molar-refractivity contribution in [1.29, 1.82) is 0 Å². The molecule has 0 aliphatic rings. The fourth-order valence-electron chi connectivity index (χ4n) is 1.96. The Labute approximate surface area is 129 Å². The first-order chi connectivity index (χ1) is 10.5. The Kier molecular flexibility index (Phi) is 4.93. The fraction of sp³-hybridized carbons (Fsp3) is 0.312. The van der Waals surface area contributed by atoms with Gasteiger partial charge in [0.15, 0.2) is 5.82 Å². The van der Waals surface area contributed by atoms with Gasteiger partial charge in [-0.1, -0.05) is 12.1 Å². The highest BCUT2D eigenvalue weighted by molar-refractivity contribution is 5.98. The summed E-state index contributed by atoms with van der Waals surface area (Å²) in [6.45, 7) is 6.25. The van der Waals surface area contributed by atoms with Gasteiger partial charge in [-0.05, 0) is 32.9 Å². The predicted octanol–water partition coefficient (Wildman–Crippen LogP) is 2.26. The minimum atomic E-state index is -0.279. The molecule has 1 aromatic heterocycles. The molecular weight excluding hydrogens is 280 g/mol. The van der Waals surface area contributed by atoms with Crippen molar-refractivity contribution in [2.75, 3.05) is 12.3 Å². The van der Waals surface area contributed by atoms with Crippen LogP contribution in [0.4, 0.5) is 5.82 Å². The van der Waals surface area contributed by atoms with Gasteiger partial charge < -0.3 is 15.8 Å². The number of carbonyl (C=O) groups excluding carboxylic acids is 1. The number of benzene rings is 1. The van der Waals surface area contributed by atoms with Crippen molar-refractivity contribution in [2.24, 2.45) is 0 Å². The summed E-state index contributed by atoms with van der Waals surface area (Å²) in [5, 5.41) is 2.68. The molecule has 1 amide bonds. The third-order valence-corrected chi connectivity index (χ3v) is 2.89. The smallest absolute Gasteiger partial charge is 0.256 e. The summed E-state index contributed by atoms with van der Waals surface area (Å²) < 4.78 is 5.76. The molecule has 0 unspecified atom stereocenters. The molecule has 2 rings (SSSR count). The zero-order valence-electron chi connectivity index (χ0n) is 13.0. The molecule has 6 nitrogen and oxygen atoms in total. The van der Waals surface area contributed by atoms with Gasteiger partial charge in [0.25, 0.3) is 5.91 Å². The van der Waals surface area contributed by atoms with E-state index in [9.17, 15) is 4.79 Å². The van der Waals surface area contributed by atoms with E-state index in [0.29, 0.717) is 18.1 Å². The third-order valence-electron chi connectivity index (χ3n) is 2.89. The average molecular weight is 300 g/mol. The molecule has 0 fully saturated rings. The Balaban J connectivity index is 2.38. The number of para-hydroxylation sites is 1. The Morgan fingerprint density at radius 3 is 2.73 bits per heavy atom. The molecule has 116 valence electrons. The molecule has 2 aromatic rings. The molecule has 6 heteroatoms. The van der Waals surface area contributed by atoms with Crippen LogP contribution in [0.25, 0.3) is 11.4 Å². The maximum Gasteiger partial charge on any atom is 0.256 e. The van der Waals surface area contributed by atoms with E-state index in [2.05, 4.69) is 15.3 Å². The summed E-state index contributed by atoms with van der Waals surface area (Å²) in [5.41, 5.74) is 6.90. The average Bonchev–Trinajstić information content (AvgIpc) is 2.47. The first kappa shape index (κ1) is 15.8. The fourth-order valence-corrected chi connectivity index (χ4v) is 1.96. The van der Waals surface area contributed by atoms with E-state index >= 15 is 0 Å². The molecular formula is C16H20N4O2. The van der Waals surface area contributed by atoms with Crippen LogP contribution in [-0.2, 0) is 0 Å². The first-order valence-electron chi connectivity index (χ1n) is 7.19. The van der Waals surface area contributed by atoms with Gasteiger partial charge >= 0.3 is 0 Å². The minimum Gasteiger partial charge on any atom is -0.490 e. The number of carbonyl (C=O) groups is 1. The summed E-state index contributed by atoms with van der Waals surface area (Å²) in [6.07, 6.45) is 1.47. The lowest BCUT2D eigenvalue weighted by atomic mass is 10.1. The van der Waals surface area contributed by atoms with E-state index < -0.39 is 0 Å². The molecule has 0 saturated carbocycles. The van der Waals surface area contributed by atoms with Gasteiger partial charge in [-0.25, -0.2) is 9.97 Å². The van der Waals surface area contributed by atoms with Gasteiger partial charge in [-0.3, -0.25) is 4.79 Å². The Bertz CT molecular complexity index is 671. The van der Waals surface area contributed by atoms with Crippen molar-refractivity contribution >= 4 is 11.7 Å². The highest BCUT2D eigenvalue weighted by Gasteiger charge is 2.15. The van der Waals surface area contributed by atoms with Crippen molar-refractivity contribution in [2.45, 2.75) is 26.9 Å². The van der Waals surface area contributed by atoms with Crippen LogP contribution in [-0.4, -0.2) is 28.5 Å². The lowest BCUT2D eigenvalue weighted by Gasteiger charge is -2.14. The van der Waals surface area contributed by atoms with Crippen molar-refractivity contribution in [3.05, 3.63) is 36.0 Å². The lowest BCUT2D eigenvalue weighted by molar-refractivity contribution is 0.0956. The molecule has 0 bridgehead atoms. The van der Waals surface area contributed by atoms with Crippen LogP contribution >= 0.6 is 0 Å². The number of hydrogen-bond acceptors (Lipinski definition) is 5. The van der Waals surface area contributed by atoms with Crippen molar-refractivity contribution in [3.8, 4) is 17.1 Å². The molecule has 0 aliphatic heterocycles. The minimum absolute atomic E-state index is 0.0353. The zero-order valence-corrected chi connectivity index (χ0v) is 13.0. The second-order valence-corrected chi connectivity index (χ2v) is 5.01. The van der Waals surface area contributed by atoms with Crippen LogP contribution in [0.5, 0.6) is 5.75 Å².